The highest BCUT2D eigenvalue weighted by atomic mass is 32.2. The molecule has 0 amide bonds. The first-order chi connectivity index (χ1) is 9.35. The van der Waals surface area contributed by atoms with Crippen molar-refractivity contribution in [1.29, 1.82) is 5.26 Å². The van der Waals surface area contributed by atoms with E-state index >= 15 is 0 Å². The maximum Gasteiger partial charge on any atom is 0.217 e. The molecular formula is C11H19N3O4S2. The van der Waals surface area contributed by atoms with Crippen LogP contribution in [-0.2, 0) is 19.9 Å². The second-order valence-corrected chi connectivity index (χ2v) is 9.75. The predicted octanol–water partition coefficient (Wildman–Crippen LogP) is -0.965. The zero-order chi connectivity index (χ0) is 14.8. The van der Waals surface area contributed by atoms with Crippen LogP contribution in [0.5, 0.6) is 0 Å². The average Bonchev–Trinajstić information content (AvgIpc) is 2.39. The highest BCUT2D eigenvalue weighted by Crippen LogP contribution is 2.23. The van der Waals surface area contributed by atoms with Gasteiger partial charge in [-0.2, -0.15) is 9.57 Å². The van der Waals surface area contributed by atoms with E-state index in [1.807, 2.05) is 4.90 Å². The Balaban J connectivity index is 1.97. The monoisotopic (exact) mass is 321 g/mol. The molecule has 2 saturated heterocycles. The van der Waals surface area contributed by atoms with E-state index in [-0.39, 0.29) is 24.3 Å². The molecule has 2 aliphatic rings. The molecule has 9 heteroatoms. The van der Waals surface area contributed by atoms with Crippen LogP contribution in [0.25, 0.3) is 0 Å². The molecule has 114 valence electrons. The van der Waals surface area contributed by atoms with Crippen LogP contribution >= 0.6 is 0 Å². The number of hydrogen-bond donors (Lipinski definition) is 0. The van der Waals surface area contributed by atoms with Crippen molar-refractivity contribution >= 4 is 19.9 Å². The summed E-state index contributed by atoms with van der Waals surface area (Å²) >= 11 is 0. The fourth-order valence-corrected chi connectivity index (χ4v) is 6.33. The highest BCUT2D eigenvalue weighted by molar-refractivity contribution is 7.92. The van der Waals surface area contributed by atoms with Crippen molar-refractivity contribution in [3.63, 3.8) is 0 Å². The van der Waals surface area contributed by atoms with Gasteiger partial charge in [-0.3, -0.25) is 4.90 Å². The van der Waals surface area contributed by atoms with Crippen LogP contribution in [0.4, 0.5) is 0 Å². The first-order valence-electron chi connectivity index (χ1n) is 6.64. The van der Waals surface area contributed by atoms with Crippen molar-refractivity contribution in [2.45, 2.75) is 18.1 Å². The van der Waals surface area contributed by atoms with Crippen LogP contribution in [0.3, 0.4) is 0 Å². The standard InChI is InChI=1S/C11H19N3O4S2/c12-3-4-13-5-7-14(8-6-13)20(17,18)11-1-9-19(15,16)10-2-11/h11H,1-2,4-10H2. The molecule has 2 aliphatic heterocycles. The third-order valence-electron chi connectivity index (χ3n) is 3.91. The van der Waals surface area contributed by atoms with E-state index in [1.165, 1.54) is 4.31 Å². The summed E-state index contributed by atoms with van der Waals surface area (Å²) in [6.45, 7) is 2.19. The van der Waals surface area contributed by atoms with E-state index in [4.69, 9.17) is 5.26 Å². The normalized spacial score (nSPS) is 26.1. The smallest absolute Gasteiger partial charge is 0.217 e. The molecule has 0 aromatic rings. The molecule has 0 bridgehead atoms. The Morgan fingerprint density at radius 1 is 1.10 bits per heavy atom. The SMILES string of the molecule is N#CCN1CCN(S(=O)(=O)C2CCS(=O)(=O)CC2)CC1. The topological polar surface area (TPSA) is 98.5 Å². The number of rotatable bonds is 3. The molecule has 0 N–H and O–H groups in total. The van der Waals surface area contributed by atoms with Gasteiger partial charge in [0.15, 0.2) is 0 Å². The van der Waals surface area contributed by atoms with Gasteiger partial charge < -0.3 is 0 Å². The fraction of sp³-hybridized carbons (Fsp3) is 0.909. The van der Waals surface area contributed by atoms with Crippen molar-refractivity contribution < 1.29 is 16.8 Å². The van der Waals surface area contributed by atoms with Crippen molar-refractivity contribution in [2.75, 3.05) is 44.2 Å². The Morgan fingerprint density at radius 3 is 2.15 bits per heavy atom. The lowest BCUT2D eigenvalue weighted by Gasteiger charge is -2.35. The van der Waals surface area contributed by atoms with Gasteiger partial charge in [0, 0.05) is 26.2 Å². The summed E-state index contributed by atoms with van der Waals surface area (Å²) in [5.74, 6) is -0.0728. The molecule has 2 fully saturated rings. The van der Waals surface area contributed by atoms with Crippen LogP contribution in [0, 0.1) is 11.3 Å². The number of nitriles is 1. The van der Waals surface area contributed by atoms with Gasteiger partial charge in [-0.1, -0.05) is 0 Å². The third-order valence-corrected chi connectivity index (χ3v) is 8.02. The lowest BCUT2D eigenvalue weighted by Crippen LogP contribution is -2.52. The number of sulfone groups is 1. The highest BCUT2D eigenvalue weighted by Gasteiger charge is 2.37. The second-order valence-electron chi connectivity index (χ2n) is 5.23. The summed E-state index contributed by atoms with van der Waals surface area (Å²) < 4.78 is 49.1. The Hall–Kier alpha value is -0.690. The molecule has 2 heterocycles. The van der Waals surface area contributed by atoms with Gasteiger partial charge in [0.25, 0.3) is 0 Å². The Morgan fingerprint density at radius 2 is 1.65 bits per heavy atom. The van der Waals surface area contributed by atoms with Gasteiger partial charge in [0.1, 0.15) is 9.84 Å². The summed E-state index contributed by atoms with van der Waals surface area (Å²) in [5, 5.41) is 8.04. The van der Waals surface area contributed by atoms with Gasteiger partial charge in [-0.05, 0) is 12.8 Å². The molecule has 2 rings (SSSR count). The largest absolute Gasteiger partial charge is 0.288 e. The van der Waals surface area contributed by atoms with Gasteiger partial charge in [0.2, 0.25) is 10.0 Å². The van der Waals surface area contributed by atoms with Gasteiger partial charge in [-0.25, -0.2) is 16.8 Å². The van der Waals surface area contributed by atoms with Crippen molar-refractivity contribution in [2.24, 2.45) is 0 Å². The lowest BCUT2D eigenvalue weighted by molar-refractivity contribution is 0.205. The molecule has 7 nitrogen and oxygen atoms in total. The number of piperazine rings is 1. The van der Waals surface area contributed by atoms with Crippen LogP contribution in [0.15, 0.2) is 0 Å². The first-order valence-corrected chi connectivity index (χ1v) is 9.96. The van der Waals surface area contributed by atoms with E-state index < -0.39 is 25.1 Å². The van der Waals surface area contributed by atoms with E-state index in [0.717, 1.165) is 0 Å². The van der Waals surface area contributed by atoms with E-state index in [1.54, 1.807) is 0 Å². The Bertz CT molecular complexity index is 572. The van der Waals surface area contributed by atoms with Crippen LogP contribution in [-0.4, -0.2) is 75.5 Å². The van der Waals surface area contributed by atoms with Crippen LogP contribution < -0.4 is 0 Å². The third kappa shape index (κ3) is 3.49. The number of sulfonamides is 1. The van der Waals surface area contributed by atoms with Gasteiger partial charge in [-0.15, -0.1) is 0 Å². The predicted molar refractivity (Wildman–Crippen MR) is 74.2 cm³/mol. The zero-order valence-corrected chi connectivity index (χ0v) is 12.9. The molecule has 0 radical (unpaired) electrons. The molecule has 0 spiro atoms. The van der Waals surface area contributed by atoms with Crippen molar-refractivity contribution in [3.8, 4) is 6.07 Å². The maximum absolute atomic E-state index is 12.5. The van der Waals surface area contributed by atoms with Gasteiger partial charge >= 0.3 is 0 Å². The zero-order valence-electron chi connectivity index (χ0n) is 11.2. The minimum absolute atomic E-state index is 0.0364. The molecule has 20 heavy (non-hydrogen) atoms. The quantitative estimate of drug-likeness (QED) is 0.621. The Labute approximate surface area is 120 Å². The minimum atomic E-state index is -3.41. The van der Waals surface area contributed by atoms with Crippen LogP contribution in [0.1, 0.15) is 12.8 Å². The average molecular weight is 321 g/mol. The van der Waals surface area contributed by atoms with E-state index in [9.17, 15) is 16.8 Å². The minimum Gasteiger partial charge on any atom is -0.288 e. The van der Waals surface area contributed by atoms with Crippen molar-refractivity contribution in [1.82, 2.24) is 9.21 Å². The first kappa shape index (κ1) is 15.7. The number of hydrogen-bond acceptors (Lipinski definition) is 6. The molecule has 0 aromatic heterocycles. The lowest BCUT2D eigenvalue weighted by atomic mass is 10.2. The molecule has 0 saturated carbocycles. The summed E-state index contributed by atoms with van der Waals surface area (Å²) in [4.78, 5) is 1.91. The second kappa shape index (κ2) is 5.97. The van der Waals surface area contributed by atoms with Gasteiger partial charge in [0.05, 0.1) is 29.4 Å². The molecule has 0 aliphatic carbocycles. The van der Waals surface area contributed by atoms with E-state index in [2.05, 4.69) is 6.07 Å². The summed E-state index contributed by atoms with van der Waals surface area (Å²) in [6, 6.07) is 2.05. The molecular weight excluding hydrogens is 302 g/mol. The summed E-state index contributed by atoms with van der Waals surface area (Å²) in [7, 11) is -6.46. The van der Waals surface area contributed by atoms with E-state index in [0.29, 0.717) is 32.7 Å². The van der Waals surface area contributed by atoms with Crippen molar-refractivity contribution in [3.05, 3.63) is 0 Å². The summed E-state index contributed by atoms with van der Waals surface area (Å²) in [6.07, 6.45) is 0.395. The summed E-state index contributed by atoms with van der Waals surface area (Å²) in [5.41, 5.74) is 0. The number of nitrogens with zero attached hydrogens (tertiary/aromatic N) is 3. The maximum atomic E-state index is 12.5. The molecule has 0 unspecified atom stereocenters. The fourth-order valence-electron chi connectivity index (χ4n) is 2.62. The van der Waals surface area contributed by atoms with Crippen LogP contribution in [0.2, 0.25) is 0 Å². The molecule has 0 atom stereocenters. The molecule has 0 aromatic carbocycles. The Kier molecular flexibility index (Phi) is 4.69.